The number of aliphatic carboxylic acids is 1. The summed E-state index contributed by atoms with van der Waals surface area (Å²) >= 11 is 0. The fourth-order valence-electron chi connectivity index (χ4n) is 1.02. The van der Waals surface area contributed by atoms with E-state index in [2.05, 4.69) is 4.84 Å². The van der Waals surface area contributed by atoms with Crippen LogP contribution in [0.5, 0.6) is 0 Å². The summed E-state index contributed by atoms with van der Waals surface area (Å²) in [5.74, 6) is 3.79. The van der Waals surface area contributed by atoms with E-state index in [1.807, 2.05) is 30.3 Å². The minimum Gasteiger partial charge on any atom is -0.479 e. The van der Waals surface area contributed by atoms with Gasteiger partial charge >= 0.3 is 5.97 Å². The predicted molar refractivity (Wildman–Crippen MR) is 46.8 cm³/mol. The summed E-state index contributed by atoms with van der Waals surface area (Å²) in [7, 11) is 0. The van der Waals surface area contributed by atoms with Gasteiger partial charge in [-0.25, -0.2) is 10.7 Å². The molecule has 4 heteroatoms. The number of hydrogen-bond acceptors (Lipinski definition) is 3. The molecular formula is C9H11NO3. The number of nitrogens with two attached hydrogens (primary N) is 1. The number of rotatable bonds is 4. The van der Waals surface area contributed by atoms with E-state index in [9.17, 15) is 4.79 Å². The molecule has 0 fully saturated rings. The third-order valence-electron chi connectivity index (χ3n) is 1.70. The molecule has 4 nitrogen and oxygen atoms in total. The first-order valence-electron chi connectivity index (χ1n) is 3.86. The third-order valence-corrected chi connectivity index (χ3v) is 1.70. The molecule has 13 heavy (non-hydrogen) atoms. The maximum absolute atomic E-state index is 10.5. The highest BCUT2D eigenvalue weighted by molar-refractivity contribution is 5.72. The van der Waals surface area contributed by atoms with E-state index >= 15 is 0 Å². The fourth-order valence-corrected chi connectivity index (χ4v) is 1.02. The Morgan fingerprint density at radius 1 is 1.46 bits per heavy atom. The summed E-state index contributed by atoms with van der Waals surface area (Å²) in [5.41, 5.74) is 0.889. The largest absolute Gasteiger partial charge is 0.479 e. The lowest BCUT2D eigenvalue weighted by Gasteiger charge is -2.08. The maximum Gasteiger partial charge on any atom is 0.335 e. The molecule has 0 amide bonds. The Kier molecular flexibility index (Phi) is 3.42. The number of hydrogen-bond donors (Lipinski definition) is 2. The van der Waals surface area contributed by atoms with Crippen molar-refractivity contribution in [2.24, 2.45) is 5.90 Å². The van der Waals surface area contributed by atoms with Crippen LogP contribution < -0.4 is 5.90 Å². The average molecular weight is 181 g/mol. The highest BCUT2D eigenvalue weighted by Gasteiger charge is 2.17. The van der Waals surface area contributed by atoms with Crippen molar-refractivity contribution in [3.8, 4) is 0 Å². The molecule has 0 saturated heterocycles. The van der Waals surface area contributed by atoms with Gasteiger partial charge < -0.3 is 5.11 Å². The van der Waals surface area contributed by atoms with Gasteiger partial charge in [0.25, 0.3) is 0 Å². The highest BCUT2D eigenvalue weighted by atomic mass is 16.6. The van der Waals surface area contributed by atoms with Gasteiger partial charge in [-0.3, -0.25) is 4.84 Å². The first-order chi connectivity index (χ1) is 6.24. The monoisotopic (exact) mass is 181 g/mol. The molecule has 70 valence electrons. The standard InChI is InChI=1S/C9H11NO3/c10-13-8(9(11)12)6-7-4-2-1-3-5-7/h1-5,8H,6,10H2,(H,11,12)/t8-/m0/s1. The van der Waals surface area contributed by atoms with Gasteiger partial charge in [-0.15, -0.1) is 0 Å². The van der Waals surface area contributed by atoms with Crippen LogP contribution in [0.2, 0.25) is 0 Å². The molecule has 1 rings (SSSR count). The molecule has 0 aliphatic rings. The van der Waals surface area contributed by atoms with Gasteiger partial charge in [-0.05, 0) is 5.56 Å². The number of benzene rings is 1. The zero-order valence-corrected chi connectivity index (χ0v) is 7.01. The Morgan fingerprint density at radius 3 is 2.54 bits per heavy atom. The normalized spacial score (nSPS) is 12.4. The second kappa shape index (κ2) is 4.59. The minimum atomic E-state index is -1.05. The van der Waals surface area contributed by atoms with Crippen LogP contribution in [0.25, 0.3) is 0 Å². The first kappa shape index (κ1) is 9.70. The topological polar surface area (TPSA) is 72.5 Å². The molecule has 0 spiro atoms. The van der Waals surface area contributed by atoms with Crippen molar-refractivity contribution in [1.82, 2.24) is 0 Å². The smallest absolute Gasteiger partial charge is 0.335 e. The molecule has 1 aromatic carbocycles. The fraction of sp³-hybridized carbons (Fsp3) is 0.222. The third kappa shape index (κ3) is 2.85. The Hall–Kier alpha value is -1.39. The van der Waals surface area contributed by atoms with Gasteiger partial charge in [0.05, 0.1) is 0 Å². The van der Waals surface area contributed by atoms with Gasteiger partial charge in [0.2, 0.25) is 0 Å². The molecule has 3 N–H and O–H groups in total. The van der Waals surface area contributed by atoms with Crippen LogP contribution in [0.3, 0.4) is 0 Å². The van der Waals surface area contributed by atoms with Gasteiger partial charge in [0.1, 0.15) is 0 Å². The van der Waals surface area contributed by atoms with Crippen LogP contribution in [0.15, 0.2) is 30.3 Å². The van der Waals surface area contributed by atoms with E-state index in [1.54, 1.807) is 0 Å². The van der Waals surface area contributed by atoms with Crippen LogP contribution in [-0.4, -0.2) is 17.2 Å². The number of carboxylic acid groups (broad SMARTS) is 1. The number of carbonyl (C=O) groups is 1. The van der Waals surface area contributed by atoms with E-state index < -0.39 is 12.1 Å². The van der Waals surface area contributed by atoms with Crippen molar-refractivity contribution in [2.75, 3.05) is 0 Å². The molecule has 0 heterocycles. The summed E-state index contributed by atoms with van der Waals surface area (Å²) in [6, 6.07) is 9.20. The molecule has 0 unspecified atom stereocenters. The van der Waals surface area contributed by atoms with Gasteiger partial charge in [-0.2, -0.15) is 0 Å². The highest BCUT2D eigenvalue weighted by Crippen LogP contribution is 2.04. The van der Waals surface area contributed by atoms with Crippen LogP contribution in [0.4, 0.5) is 0 Å². The lowest BCUT2D eigenvalue weighted by atomic mass is 10.1. The SMILES string of the molecule is NO[C@@H](Cc1ccccc1)C(=O)O. The lowest BCUT2D eigenvalue weighted by Crippen LogP contribution is -2.29. The molecule has 1 aromatic rings. The second-order valence-electron chi connectivity index (χ2n) is 2.65. The van der Waals surface area contributed by atoms with Crippen LogP contribution in [-0.2, 0) is 16.1 Å². The minimum absolute atomic E-state index is 0.284. The molecule has 0 aromatic heterocycles. The Balaban J connectivity index is 2.62. The Morgan fingerprint density at radius 2 is 2.08 bits per heavy atom. The molecule has 0 radical (unpaired) electrons. The summed E-state index contributed by atoms with van der Waals surface area (Å²) < 4.78 is 0. The molecule has 1 atom stereocenters. The van der Waals surface area contributed by atoms with Crippen molar-refractivity contribution >= 4 is 5.97 Å². The van der Waals surface area contributed by atoms with E-state index in [0.717, 1.165) is 5.56 Å². The Bertz CT molecular complexity index is 273. The summed E-state index contributed by atoms with van der Waals surface area (Å²) in [5, 5.41) is 8.63. The maximum atomic E-state index is 10.5. The van der Waals surface area contributed by atoms with Crippen molar-refractivity contribution in [3.63, 3.8) is 0 Å². The van der Waals surface area contributed by atoms with E-state index in [-0.39, 0.29) is 6.42 Å². The lowest BCUT2D eigenvalue weighted by molar-refractivity contribution is -0.150. The van der Waals surface area contributed by atoms with Gasteiger partial charge in [0.15, 0.2) is 6.10 Å². The summed E-state index contributed by atoms with van der Waals surface area (Å²) in [6.45, 7) is 0. The van der Waals surface area contributed by atoms with Gasteiger partial charge in [0, 0.05) is 6.42 Å². The molecular weight excluding hydrogens is 170 g/mol. The molecule has 0 aliphatic heterocycles. The van der Waals surface area contributed by atoms with Crippen LogP contribution in [0, 0.1) is 0 Å². The van der Waals surface area contributed by atoms with Crippen LogP contribution in [0.1, 0.15) is 5.56 Å². The Labute approximate surface area is 75.9 Å². The average Bonchev–Trinajstić information content (AvgIpc) is 2.15. The second-order valence-corrected chi connectivity index (χ2v) is 2.65. The molecule has 0 bridgehead atoms. The van der Waals surface area contributed by atoms with E-state index in [4.69, 9.17) is 11.0 Å². The van der Waals surface area contributed by atoms with Crippen molar-refractivity contribution in [1.29, 1.82) is 0 Å². The van der Waals surface area contributed by atoms with E-state index in [0.29, 0.717) is 0 Å². The summed E-state index contributed by atoms with van der Waals surface area (Å²) in [4.78, 5) is 14.8. The van der Waals surface area contributed by atoms with Crippen molar-refractivity contribution in [3.05, 3.63) is 35.9 Å². The molecule has 0 aliphatic carbocycles. The quantitative estimate of drug-likeness (QED) is 0.666. The summed E-state index contributed by atoms with van der Waals surface area (Å²) in [6.07, 6.45) is -0.686. The zero-order chi connectivity index (χ0) is 9.68. The first-order valence-corrected chi connectivity index (χ1v) is 3.86. The van der Waals surface area contributed by atoms with Gasteiger partial charge in [-0.1, -0.05) is 30.3 Å². The van der Waals surface area contributed by atoms with Crippen molar-refractivity contribution in [2.45, 2.75) is 12.5 Å². The van der Waals surface area contributed by atoms with Crippen molar-refractivity contribution < 1.29 is 14.7 Å². The zero-order valence-electron chi connectivity index (χ0n) is 7.01. The van der Waals surface area contributed by atoms with Crippen LogP contribution >= 0.6 is 0 Å². The number of carboxylic acids is 1. The molecule has 0 saturated carbocycles. The predicted octanol–water partition coefficient (Wildman–Crippen LogP) is 0.573. The van der Waals surface area contributed by atoms with E-state index in [1.165, 1.54) is 0 Å².